The molecule has 0 unspecified atom stereocenters. The molecule has 86 valence electrons. The van der Waals surface area contributed by atoms with Crippen molar-refractivity contribution in [2.75, 3.05) is 5.73 Å². The van der Waals surface area contributed by atoms with Gasteiger partial charge in [-0.25, -0.2) is 9.97 Å². The molecule has 0 atom stereocenters. The second-order valence-corrected chi connectivity index (χ2v) is 4.69. The van der Waals surface area contributed by atoms with Gasteiger partial charge in [0.2, 0.25) is 0 Å². The number of anilines is 1. The zero-order valence-corrected chi connectivity index (χ0v) is 10.0. The van der Waals surface area contributed by atoms with E-state index in [0.29, 0.717) is 16.5 Å². The number of nitrogen functional groups attached to an aromatic ring is 1. The Balaban J connectivity index is 2.12. The van der Waals surface area contributed by atoms with E-state index in [9.17, 15) is 0 Å². The summed E-state index contributed by atoms with van der Waals surface area (Å²) < 4.78 is 0. The van der Waals surface area contributed by atoms with Gasteiger partial charge in [0.05, 0.1) is 0 Å². The molecule has 0 bridgehead atoms. The maximum Gasteiger partial charge on any atom is 0.161 e. The first-order valence-corrected chi connectivity index (χ1v) is 6.02. The molecule has 0 saturated carbocycles. The highest BCUT2D eigenvalue weighted by molar-refractivity contribution is 6.31. The molecule has 1 aromatic heterocycles. The number of hydrogen-bond donors (Lipinski definition) is 1. The fourth-order valence-electron chi connectivity index (χ4n) is 2.17. The molecule has 3 nitrogen and oxygen atoms in total. The Bertz CT molecular complexity index is 581. The second kappa shape index (κ2) is 4.00. The predicted octanol–water partition coefficient (Wildman–Crippen LogP) is 2.87. The van der Waals surface area contributed by atoms with E-state index >= 15 is 0 Å². The minimum absolute atomic E-state index is 0.651. The van der Waals surface area contributed by atoms with E-state index in [0.717, 1.165) is 24.1 Å². The largest absolute Gasteiger partial charge is 0.398 e. The van der Waals surface area contributed by atoms with Gasteiger partial charge in [-0.05, 0) is 43.0 Å². The summed E-state index contributed by atoms with van der Waals surface area (Å²) in [7, 11) is 0. The molecule has 0 aliphatic heterocycles. The molecular weight excluding hydrogens is 234 g/mol. The lowest BCUT2D eigenvalue weighted by Crippen LogP contribution is -1.98. The summed E-state index contributed by atoms with van der Waals surface area (Å²) in [4.78, 5) is 8.95. The maximum absolute atomic E-state index is 5.97. The molecule has 2 N–H and O–H groups in total. The lowest BCUT2D eigenvalue weighted by atomic mass is 10.1. The Morgan fingerprint density at radius 2 is 2.12 bits per heavy atom. The SMILES string of the molecule is Nc1ccc(Cl)cc1-c1ncc2c(n1)CCC2. The summed E-state index contributed by atoms with van der Waals surface area (Å²) in [5.41, 5.74) is 9.81. The average Bonchev–Trinajstić information content (AvgIpc) is 2.79. The molecule has 2 aromatic rings. The highest BCUT2D eigenvalue weighted by Gasteiger charge is 2.15. The molecule has 0 amide bonds. The standard InChI is InChI=1S/C13H12ClN3/c14-9-4-5-11(15)10(6-9)13-16-7-8-2-1-3-12(8)17-13/h4-7H,1-3,15H2. The first-order chi connectivity index (χ1) is 8.24. The third kappa shape index (κ3) is 1.87. The van der Waals surface area contributed by atoms with Gasteiger partial charge in [-0.2, -0.15) is 0 Å². The Morgan fingerprint density at radius 3 is 3.00 bits per heavy atom. The van der Waals surface area contributed by atoms with Crippen molar-refractivity contribution in [1.29, 1.82) is 0 Å². The first kappa shape index (κ1) is 10.5. The number of fused-ring (bicyclic) bond motifs is 1. The van der Waals surface area contributed by atoms with E-state index in [1.54, 1.807) is 12.1 Å². The third-order valence-corrected chi connectivity index (χ3v) is 3.31. The van der Waals surface area contributed by atoms with E-state index in [1.165, 1.54) is 12.0 Å². The molecule has 1 aliphatic rings. The zero-order chi connectivity index (χ0) is 11.8. The molecule has 17 heavy (non-hydrogen) atoms. The van der Waals surface area contributed by atoms with Gasteiger partial charge in [0.15, 0.2) is 5.82 Å². The summed E-state index contributed by atoms with van der Waals surface area (Å²) in [6.45, 7) is 0. The van der Waals surface area contributed by atoms with Crippen molar-refractivity contribution in [3.63, 3.8) is 0 Å². The number of aromatic nitrogens is 2. The zero-order valence-electron chi connectivity index (χ0n) is 9.28. The van der Waals surface area contributed by atoms with Crippen LogP contribution < -0.4 is 5.73 Å². The topological polar surface area (TPSA) is 51.8 Å². The number of hydrogen-bond acceptors (Lipinski definition) is 3. The highest BCUT2D eigenvalue weighted by atomic mass is 35.5. The molecule has 0 spiro atoms. The maximum atomic E-state index is 5.97. The molecule has 1 heterocycles. The summed E-state index contributed by atoms with van der Waals surface area (Å²) in [5.74, 6) is 0.672. The Morgan fingerprint density at radius 1 is 1.24 bits per heavy atom. The summed E-state index contributed by atoms with van der Waals surface area (Å²) in [5, 5.41) is 0.651. The van der Waals surface area contributed by atoms with Crippen LogP contribution >= 0.6 is 11.6 Å². The minimum atomic E-state index is 0.651. The molecule has 3 rings (SSSR count). The van der Waals surface area contributed by atoms with Crippen molar-refractivity contribution in [2.45, 2.75) is 19.3 Å². The first-order valence-electron chi connectivity index (χ1n) is 5.64. The van der Waals surface area contributed by atoms with E-state index in [4.69, 9.17) is 17.3 Å². The van der Waals surface area contributed by atoms with E-state index in [-0.39, 0.29) is 0 Å². The molecule has 4 heteroatoms. The summed E-state index contributed by atoms with van der Waals surface area (Å²) in [6.07, 6.45) is 5.19. The molecule has 1 aromatic carbocycles. The Labute approximate surface area is 105 Å². The number of benzene rings is 1. The Hall–Kier alpha value is -1.61. The molecule has 1 aliphatic carbocycles. The fraction of sp³-hybridized carbons (Fsp3) is 0.231. The van der Waals surface area contributed by atoms with Gasteiger partial charge in [0, 0.05) is 28.2 Å². The number of aryl methyl sites for hydroxylation is 2. The van der Waals surface area contributed by atoms with Crippen LogP contribution in [0.1, 0.15) is 17.7 Å². The van der Waals surface area contributed by atoms with Gasteiger partial charge in [-0.1, -0.05) is 11.6 Å². The van der Waals surface area contributed by atoms with E-state index in [2.05, 4.69) is 9.97 Å². The number of rotatable bonds is 1. The number of halogens is 1. The lowest BCUT2D eigenvalue weighted by molar-refractivity contribution is 0.900. The molecule has 0 radical (unpaired) electrons. The molecule has 0 fully saturated rings. The predicted molar refractivity (Wildman–Crippen MR) is 68.9 cm³/mol. The van der Waals surface area contributed by atoms with Crippen LogP contribution in [0.3, 0.4) is 0 Å². The van der Waals surface area contributed by atoms with Crippen LogP contribution in [0, 0.1) is 0 Å². The summed E-state index contributed by atoms with van der Waals surface area (Å²) in [6, 6.07) is 5.37. The van der Waals surface area contributed by atoms with Gasteiger partial charge in [0.25, 0.3) is 0 Å². The van der Waals surface area contributed by atoms with Gasteiger partial charge in [0.1, 0.15) is 0 Å². The van der Waals surface area contributed by atoms with Crippen molar-refractivity contribution < 1.29 is 0 Å². The fourth-order valence-corrected chi connectivity index (χ4v) is 2.34. The van der Waals surface area contributed by atoms with Gasteiger partial charge in [-0.3, -0.25) is 0 Å². The smallest absolute Gasteiger partial charge is 0.161 e. The van der Waals surface area contributed by atoms with Crippen LogP contribution in [0.25, 0.3) is 11.4 Å². The van der Waals surface area contributed by atoms with Crippen molar-refractivity contribution in [3.05, 3.63) is 40.7 Å². The summed E-state index contributed by atoms with van der Waals surface area (Å²) >= 11 is 5.97. The quantitative estimate of drug-likeness (QED) is 0.786. The number of nitrogens with two attached hydrogens (primary N) is 1. The normalized spacial score (nSPS) is 13.7. The van der Waals surface area contributed by atoms with Crippen LogP contribution in [0.2, 0.25) is 5.02 Å². The van der Waals surface area contributed by atoms with Crippen molar-refractivity contribution in [1.82, 2.24) is 9.97 Å². The molecular formula is C13H12ClN3. The van der Waals surface area contributed by atoms with E-state index in [1.807, 2.05) is 12.3 Å². The van der Waals surface area contributed by atoms with Crippen LogP contribution in [0.5, 0.6) is 0 Å². The second-order valence-electron chi connectivity index (χ2n) is 4.25. The van der Waals surface area contributed by atoms with Crippen LogP contribution in [0.4, 0.5) is 5.69 Å². The lowest BCUT2D eigenvalue weighted by Gasteiger charge is -2.06. The van der Waals surface area contributed by atoms with Gasteiger partial charge >= 0.3 is 0 Å². The Kier molecular flexibility index (Phi) is 2.48. The average molecular weight is 246 g/mol. The van der Waals surface area contributed by atoms with Crippen LogP contribution in [-0.2, 0) is 12.8 Å². The third-order valence-electron chi connectivity index (χ3n) is 3.07. The van der Waals surface area contributed by atoms with Gasteiger partial charge in [-0.15, -0.1) is 0 Å². The van der Waals surface area contributed by atoms with Crippen molar-refractivity contribution >= 4 is 17.3 Å². The number of nitrogens with zero attached hydrogens (tertiary/aromatic N) is 2. The van der Waals surface area contributed by atoms with Crippen LogP contribution in [0.15, 0.2) is 24.4 Å². The highest BCUT2D eigenvalue weighted by Crippen LogP contribution is 2.28. The van der Waals surface area contributed by atoms with Crippen molar-refractivity contribution in [2.24, 2.45) is 0 Å². The van der Waals surface area contributed by atoms with Gasteiger partial charge < -0.3 is 5.73 Å². The van der Waals surface area contributed by atoms with Crippen LogP contribution in [-0.4, -0.2) is 9.97 Å². The van der Waals surface area contributed by atoms with Crippen molar-refractivity contribution in [3.8, 4) is 11.4 Å². The minimum Gasteiger partial charge on any atom is -0.398 e. The monoisotopic (exact) mass is 245 g/mol. The van der Waals surface area contributed by atoms with E-state index < -0.39 is 0 Å². The molecule has 0 saturated heterocycles.